The third-order valence-corrected chi connectivity index (χ3v) is 6.85. The van der Waals surface area contributed by atoms with Gasteiger partial charge in [0.15, 0.2) is 0 Å². The Hall–Kier alpha value is -0.170. The van der Waals surface area contributed by atoms with Crippen molar-refractivity contribution in [2.75, 3.05) is 13.1 Å². The molecule has 110 valence electrons. The maximum Gasteiger partial charge on any atom is 0.279 e. The smallest absolute Gasteiger partial charge is 0.279 e. The first-order chi connectivity index (χ1) is 9.10. The lowest BCUT2D eigenvalue weighted by molar-refractivity contribution is 0.279. The maximum absolute atomic E-state index is 12.5. The third kappa shape index (κ3) is 2.68. The Bertz CT molecular complexity index is 426. The summed E-state index contributed by atoms with van der Waals surface area (Å²) in [7, 11) is -3.31. The predicted octanol–water partition coefficient (Wildman–Crippen LogP) is 0.823. The number of piperidine rings is 1. The van der Waals surface area contributed by atoms with E-state index < -0.39 is 10.2 Å². The van der Waals surface area contributed by atoms with Crippen LogP contribution < -0.4 is 10.5 Å². The second-order valence-electron chi connectivity index (χ2n) is 6.41. The van der Waals surface area contributed by atoms with Crippen LogP contribution >= 0.6 is 0 Å². The first kappa shape index (κ1) is 13.8. The third-order valence-electron chi connectivity index (χ3n) is 5.18. The normalized spacial score (nSPS) is 39.8. The monoisotopic (exact) mass is 287 g/mol. The fourth-order valence-electron chi connectivity index (χ4n) is 4.08. The van der Waals surface area contributed by atoms with Gasteiger partial charge in [0, 0.05) is 18.6 Å². The van der Waals surface area contributed by atoms with Gasteiger partial charge in [0.1, 0.15) is 0 Å². The average Bonchev–Trinajstić information content (AvgIpc) is 3.01. The van der Waals surface area contributed by atoms with Crippen LogP contribution in [0.25, 0.3) is 0 Å². The van der Waals surface area contributed by atoms with Crippen molar-refractivity contribution >= 4 is 10.2 Å². The molecule has 1 heterocycles. The summed E-state index contributed by atoms with van der Waals surface area (Å²) in [4.78, 5) is 0. The topological polar surface area (TPSA) is 75.4 Å². The van der Waals surface area contributed by atoms with E-state index in [0.29, 0.717) is 18.4 Å². The molecule has 2 saturated carbocycles. The van der Waals surface area contributed by atoms with E-state index in [4.69, 9.17) is 5.73 Å². The van der Waals surface area contributed by atoms with Gasteiger partial charge >= 0.3 is 0 Å². The number of hydrogen-bond donors (Lipinski definition) is 2. The summed E-state index contributed by atoms with van der Waals surface area (Å²) in [5.74, 6) is 0.904. The van der Waals surface area contributed by atoms with E-state index in [1.807, 2.05) is 0 Å². The minimum atomic E-state index is -3.31. The van der Waals surface area contributed by atoms with Crippen LogP contribution in [0.4, 0.5) is 0 Å². The van der Waals surface area contributed by atoms with Crippen molar-refractivity contribution in [3.05, 3.63) is 0 Å². The molecular formula is C13H25N3O2S. The molecule has 1 aliphatic heterocycles. The van der Waals surface area contributed by atoms with E-state index in [9.17, 15) is 8.42 Å². The van der Waals surface area contributed by atoms with Gasteiger partial charge in [-0.1, -0.05) is 12.8 Å². The summed E-state index contributed by atoms with van der Waals surface area (Å²) in [5.41, 5.74) is 5.78. The van der Waals surface area contributed by atoms with E-state index in [0.717, 1.165) is 38.6 Å². The minimum Gasteiger partial charge on any atom is -0.330 e. The van der Waals surface area contributed by atoms with E-state index in [1.54, 1.807) is 4.31 Å². The molecule has 3 aliphatic rings. The molecule has 3 N–H and O–H groups in total. The lowest BCUT2D eigenvalue weighted by Gasteiger charge is -2.34. The summed E-state index contributed by atoms with van der Waals surface area (Å²) in [6.45, 7) is 1.30. The van der Waals surface area contributed by atoms with Crippen LogP contribution in [0.1, 0.15) is 44.9 Å². The molecule has 3 rings (SSSR count). The highest BCUT2D eigenvalue weighted by Crippen LogP contribution is 2.39. The van der Waals surface area contributed by atoms with Crippen LogP contribution in [0.3, 0.4) is 0 Å². The Morgan fingerprint density at radius 1 is 1.16 bits per heavy atom. The predicted molar refractivity (Wildman–Crippen MR) is 74.7 cm³/mol. The van der Waals surface area contributed by atoms with Crippen LogP contribution in [0.2, 0.25) is 0 Å². The quantitative estimate of drug-likeness (QED) is 0.804. The SMILES string of the molecule is NCC1CCCCC1NS(=O)(=O)N1CC2CCC1C2. The number of rotatable bonds is 4. The molecular weight excluding hydrogens is 262 g/mol. The lowest BCUT2D eigenvalue weighted by Crippen LogP contribution is -2.52. The van der Waals surface area contributed by atoms with Gasteiger partial charge in [0.25, 0.3) is 10.2 Å². The molecule has 2 bridgehead atoms. The molecule has 3 fully saturated rings. The lowest BCUT2D eigenvalue weighted by atomic mass is 9.85. The molecule has 0 aromatic rings. The van der Waals surface area contributed by atoms with Gasteiger partial charge < -0.3 is 5.73 Å². The highest BCUT2D eigenvalue weighted by Gasteiger charge is 2.44. The molecule has 5 nitrogen and oxygen atoms in total. The van der Waals surface area contributed by atoms with Crippen LogP contribution in [0, 0.1) is 11.8 Å². The van der Waals surface area contributed by atoms with Crippen molar-refractivity contribution in [2.45, 2.75) is 57.0 Å². The fourth-order valence-corrected chi connectivity index (χ4v) is 5.90. The van der Waals surface area contributed by atoms with Crippen molar-refractivity contribution in [1.29, 1.82) is 0 Å². The fraction of sp³-hybridized carbons (Fsp3) is 1.00. The summed E-state index contributed by atoms with van der Waals surface area (Å²) < 4.78 is 29.7. The highest BCUT2D eigenvalue weighted by molar-refractivity contribution is 7.87. The van der Waals surface area contributed by atoms with E-state index >= 15 is 0 Å². The van der Waals surface area contributed by atoms with Gasteiger partial charge in [-0.15, -0.1) is 0 Å². The van der Waals surface area contributed by atoms with Crippen LogP contribution in [0.5, 0.6) is 0 Å². The van der Waals surface area contributed by atoms with Crippen molar-refractivity contribution in [3.63, 3.8) is 0 Å². The molecule has 4 atom stereocenters. The molecule has 0 aromatic carbocycles. The molecule has 19 heavy (non-hydrogen) atoms. The number of nitrogens with one attached hydrogen (secondary N) is 1. The Balaban J connectivity index is 1.67. The van der Waals surface area contributed by atoms with E-state index in [1.165, 1.54) is 12.8 Å². The summed E-state index contributed by atoms with van der Waals surface area (Å²) in [6.07, 6.45) is 7.57. The number of hydrogen-bond acceptors (Lipinski definition) is 3. The number of nitrogens with zero attached hydrogens (tertiary/aromatic N) is 1. The Morgan fingerprint density at radius 3 is 2.58 bits per heavy atom. The largest absolute Gasteiger partial charge is 0.330 e. The van der Waals surface area contributed by atoms with Crippen LogP contribution in [-0.2, 0) is 10.2 Å². The van der Waals surface area contributed by atoms with Crippen LogP contribution in [0.15, 0.2) is 0 Å². The standard InChI is InChI=1S/C13H25N3O2S/c14-8-11-3-1-2-4-13(11)15-19(17,18)16-9-10-5-6-12(16)7-10/h10-13,15H,1-9,14H2. The first-order valence-electron chi connectivity index (χ1n) is 7.59. The summed E-state index contributed by atoms with van der Waals surface area (Å²) >= 11 is 0. The highest BCUT2D eigenvalue weighted by atomic mass is 32.2. The molecule has 0 aromatic heterocycles. The zero-order valence-electron chi connectivity index (χ0n) is 11.4. The first-order valence-corrected chi connectivity index (χ1v) is 9.03. The van der Waals surface area contributed by atoms with E-state index in [2.05, 4.69) is 4.72 Å². The average molecular weight is 287 g/mol. The van der Waals surface area contributed by atoms with Crippen molar-refractivity contribution in [3.8, 4) is 0 Å². The van der Waals surface area contributed by atoms with Crippen molar-refractivity contribution in [1.82, 2.24) is 9.03 Å². The Morgan fingerprint density at radius 2 is 1.95 bits per heavy atom. The Kier molecular flexibility index (Phi) is 3.86. The van der Waals surface area contributed by atoms with Gasteiger partial charge in [-0.05, 0) is 50.5 Å². The molecule has 0 radical (unpaired) electrons. The van der Waals surface area contributed by atoms with Gasteiger partial charge in [-0.3, -0.25) is 0 Å². The molecule has 6 heteroatoms. The number of nitrogens with two attached hydrogens (primary N) is 1. The van der Waals surface area contributed by atoms with E-state index in [-0.39, 0.29) is 12.1 Å². The number of fused-ring (bicyclic) bond motifs is 2. The zero-order chi connectivity index (χ0) is 13.5. The minimum absolute atomic E-state index is 0.0443. The van der Waals surface area contributed by atoms with Gasteiger partial charge in [-0.25, -0.2) is 0 Å². The summed E-state index contributed by atoms with van der Waals surface area (Å²) in [6, 6.07) is 0.297. The molecule has 0 amide bonds. The summed E-state index contributed by atoms with van der Waals surface area (Å²) in [5, 5.41) is 0. The molecule has 4 unspecified atom stereocenters. The van der Waals surface area contributed by atoms with Crippen molar-refractivity contribution < 1.29 is 8.42 Å². The Labute approximate surface area is 116 Å². The second kappa shape index (κ2) is 5.31. The molecule has 0 spiro atoms. The maximum atomic E-state index is 12.5. The van der Waals surface area contributed by atoms with Crippen LogP contribution in [-0.4, -0.2) is 37.9 Å². The van der Waals surface area contributed by atoms with Gasteiger partial charge in [0.05, 0.1) is 0 Å². The second-order valence-corrected chi connectivity index (χ2v) is 8.07. The molecule has 2 aliphatic carbocycles. The zero-order valence-corrected chi connectivity index (χ0v) is 12.2. The van der Waals surface area contributed by atoms with Crippen molar-refractivity contribution in [2.24, 2.45) is 17.6 Å². The van der Waals surface area contributed by atoms with Gasteiger partial charge in [0.2, 0.25) is 0 Å². The van der Waals surface area contributed by atoms with Gasteiger partial charge in [-0.2, -0.15) is 17.4 Å². The molecule has 1 saturated heterocycles.